The number of rotatable bonds is 4. The summed E-state index contributed by atoms with van der Waals surface area (Å²) in [5.74, 6) is -0.181. The summed E-state index contributed by atoms with van der Waals surface area (Å²) in [7, 11) is 1.76. The van der Waals surface area contributed by atoms with Gasteiger partial charge in [0.25, 0.3) is 0 Å². The summed E-state index contributed by atoms with van der Waals surface area (Å²) in [6.45, 7) is 3.91. The van der Waals surface area contributed by atoms with E-state index >= 15 is 0 Å². The van der Waals surface area contributed by atoms with Gasteiger partial charge in [-0.1, -0.05) is 20.3 Å². The first-order chi connectivity index (χ1) is 9.43. The fourth-order valence-corrected chi connectivity index (χ4v) is 1.99. The molecule has 3 N–H and O–H groups in total. The molecule has 1 aromatic heterocycles. The van der Waals surface area contributed by atoms with Crippen molar-refractivity contribution in [1.82, 2.24) is 9.55 Å². The highest BCUT2D eigenvalue weighted by Crippen LogP contribution is 2.19. The molecule has 2 atom stereocenters. The minimum Gasteiger partial charge on any atom is -0.320 e. The van der Waals surface area contributed by atoms with Crippen molar-refractivity contribution in [3.05, 3.63) is 24.0 Å². The van der Waals surface area contributed by atoms with Crippen molar-refractivity contribution < 1.29 is 9.18 Å². The second kappa shape index (κ2) is 6.87. The fourth-order valence-electron chi connectivity index (χ4n) is 1.99. The minimum absolute atomic E-state index is 0. The van der Waals surface area contributed by atoms with Crippen LogP contribution in [0, 0.1) is 11.7 Å². The van der Waals surface area contributed by atoms with Gasteiger partial charge in [0.2, 0.25) is 11.9 Å². The van der Waals surface area contributed by atoms with Gasteiger partial charge in [0, 0.05) is 13.1 Å². The Morgan fingerprint density at radius 3 is 2.81 bits per heavy atom. The van der Waals surface area contributed by atoms with Crippen LogP contribution >= 0.6 is 12.4 Å². The lowest BCUT2D eigenvalue weighted by Crippen LogP contribution is -2.41. The molecule has 1 amide bonds. The number of aromatic nitrogens is 2. The van der Waals surface area contributed by atoms with Gasteiger partial charge >= 0.3 is 0 Å². The first-order valence-electron chi connectivity index (χ1n) is 6.62. The number of hydrogen-bond donors (Lipinski definition) is 2. The Kier molecular flexibility index (Phi) is 5.69. The molecule has 0 bridgehead atoms. The van der Waals surface area contributed by atoms with E-state index in [1.165, 1.54) is 12.1 Å². The maximum absolute atomic E-state index is 13.2. The van der Waals surface area contributed by atoms with Crippen LogP contribution in [0.1, 0.15) is 20.3 Å². The van der Waals surface area contributed by atoms with Crippen molar-refractivity contribution in [2.24, 2.45) is 18.7 Å². The van der Waals surface area contributed by atoms with Gasteiger partial charge < -0.3 is 10.3 Å². The van der Waals surface area contributed by atoms with Crippen molar-refractivity contribution in [3.63, 3.8) is 0 Å². The van der Waals surface area contributed by atoms with Crippen LogP contribution in [-0.4, -0.2) is 21.5 Å². The number of nitrogens with zero attached hydrogens (tertiary/aromatic N) is 2. The maximum Gasteiger partial charge on any atom is 0.243 e. The Hall–Kier alpha value is -1.66. The van der Waals surface area contributed by atoms with Gasteiger partial charge in [-0.3, -0.25) is 10.1 Å². The Labute approximate surface area is 129 Å². The van der Waals surface area contributed by atoms with Gasteiger partial charge in [0.15, 0.2) is 0 Å². The Balaban J connectivity index is 0.00000220. The van der Waals surface area contributed by atoms with Gasteiger partial charge in [0.05, 0.1) is 17.1 Å². The molecule has 0 fully saturated rings. The van der Waals surface area contributed by atoms with Crippen LogP contribution < -0.4 is 11.1 Å². The molecule has 0 aliphatic heterocycles. The van der Waals surface area contributed by atoms with E-state index in [1.807, 2.05) is 13.8 Å². The summed E-state index contributed by atoms with van der Waals surface area (Å²) in [5, 5.41) is 2.70. The molecular weight excluding hydrogens is 295 g/mol. The number of amides is 1. The monoisotopic (exact) mass is 314 g/mol. The highest BCUT2D eigenvalue weighted by Gasteiger charge is 2.21. The molecule has 116 valence electrons. The molecule has 0 aliphatic rings. The van der Waals surface area contributed by atoms with Gasteiger partial charge in [-0.25, -0.2) is 9.37 Å². The van der Waals surface area contributed by atoms with Crippen molar-refractivity contribution in [2.45, 2.75) is 26.3 Å². The Morgan fingerprint density at radius 2 is 2.19 bits per heavy atom. The molecule has 0 saturated heterocycles. The standard InChI is InChI=1S/C14H19FN4O.ClH/c1-4-8(2)12(16)13(20)18-14-17-10-7-9(15)5-6-11(10)19(14)3;/h5-8,12H,4,16H2,1-3H3,(H,17,18,20);1H. The maximum atomic E-state index is 13.2. The highest BCUT2D eigenvalue weighted by molar-refractivity contribution is 5.95. The summed E-state index contributed by atoms with van der Waals surface area (Å²) in [6.07, 6.45) is 0.822. The Bertz CT molecular complexity index is 643. The van der Waals surface area contributed by atoms with E-state index in [9.17, 15) is 9.18 Å². The van der Waals surface area contributed by atoms with Crippen molar-refractivity contribution in [3.8, 4) is 0 Å². The van der Waals surface area contributed by atoms with E-state index < -0.39 is 6.04 Å². The fraction of sp³-hybridized carbons (Fsp3) is 0.429. The average molecular weight is 315 g/mol. The van der Waals surface area contributed by atoms with Crippen LogP contribution in [0.2, 0.25) is 0 Å². The van der Waals surface area contributed by atoms with Gasteiger partial charge in [-0.05, 0) is 18.1 Å². The summed E-state index contributed by atoms with van der Waals surface area (Å²) < 4.78 is 14.9. The molecule has 5 nitrogen and oxygen atoms in total. The topological polar surface area (TPSA) is 72.9 Å². The van der Waals surface area contributed by atoms with Crippen LogP contribution in [0.4, 0.5) is 10.3 Å². The molecule has 2 unspecified atom stereocenters. The number of carbonyl (C=O) groups excluding carboxylic acids is 1. The van der Waals surface area contributed by atoms with Crippen LogP contribution in [0.15, 0.2) is 18.2 Å². The molecule has 21 heavy (non-hydrogen) atoms. The predicted octanol–water partition coefficient (Wildman–Crippen LogP) is 2.45. The van der Waals surface area contributed by atoms with Crippen LogP contribution in [0.5, 0.6) is 0 Å². The van der Waals surface area contributed by atoms with Crippen LogP contribution in [0.3, 0.4) is 0 Å². The number of fused-ring (bicyclic) bond motifs is 1. The lowest BCUT2D eigenvalue weighted by atomic mass is 10.00. The number of anilines is 1. The molecule has 1 aromatic carbocycles. The number of nitrogens with two attached hydrogens (primary N) is 1. The molecule has 1 heterocycles. The Morgan fingerprint density at radius 1 is 1.52 bits per heavy atom. The quantitative estimate of drug-likeness (QED) is 0.910. The number of aryl methyl sites for hydroxylation is 1. The number of imidazole rings is 1. The minimum atomic E-state index is -0.587. The molecule has 2 aromatic rings. The van der Waals surface area contributed by atoms with Gasteiger partial charge in [-0.15, -0.1) is 12.4 Å². The van der Waals surface area contributed by atoms with Crippen molar-refractivity contribution >= 4 is 35.3 Å². The zero-order valence-electron chi connectivity index (χ0n) is 12.3. The van der Waals surface area contributed by atoms with Crippen LogP contribution in [0.25, 0.3) is 11.0 Å². The normalized spacial score (nSPS) is 13.6. The lowest BCUT2D eigenvalue weighted by Gasteiger charge is -2.17. The second-order valence-electron chi connectivity index (χ2n) is 5.03. The zero-order chi connectivity index (χ0) is 14.9. The van der Waals surface area contributed by atoms with Crippen molar-refractivity contribution in [1.29, 1.82) is 0 Å². The van der Waals surface area contributed by atoms with E-state index in [2.05, 4.69) is 10.3 Å². The summed E-state index contributed by atoms with van der Waals surface area (Å²) in [5.41, 5.74) is 7.13. The molecule has 0 aliphatic carbocycles. The van der Waals surface area contributed by atoms with E-state index in [4.69, 9.17) is 5.73 Å². The number of hydrogen-bond acceptors (Lipinski definition) is 3. The molecular formula is C14H20ClFN4O. The third-order valence-electron chi connectivity index (χ3n) is 3.64. The second-order valence-corrected chi connectivity index (χ2v) is 5.03. The van der Waals surface area contributed by atoms with E-state index in [-0.39, 0.29) is 30.0 Å². The van der Waals surface area contributed by atoms with E-state index in [1.54, 1.807) is 17.7 Å². The zero-order valence-corrected chi connectivity index (χ0v) is 13.1. The lowest BCUT2D eigenvalue weighted by molar-refractivity contribution is -0.118. The highest BCUT2D eigenvalue weighted by atomic mass is 35.5. The number of nitrogens with one attached hydrogen (secondary N) is 1. The van der Waals surface area contributed by atoms with Crippen LogP contribution in [-0.2, 0) is 11.8 Å². The first-order valence-corrected chi connectivity index (χ1v) is 6.62. The largest absolute Gasteiger partial charge is 0.320 e. The van der Waals surface area contributed by atoms with Crippen molar-refractivity contribution in [2.75, 3.05) is 5.32 Å². The third kappa shape index (κ3) is 3.51. The predicted molar refractivity (Wildman–Crippen MR) is 84.0 cm³/mol. The molecule has 0 radical (unpaired) electrons. The molecule has 0 saturated carbocycles. The summed E-state index contributed by atoms with van der Waals surface area (Å²) >= 11 is 0. The summed E-state index contributed by atoms with van der Waals surface area (Å²) in [4.78, 5) is 16.3. The smallest absolute Gasteiger partial charge is 0.243 e. The number of halogens is 2. The summed E-state index contributed by atoms with van der Waals surface area (Å²) in [6, 6.07) is 3.73. The molecule has 2 rings (SSSR count). The molecule has 0 spiro atoms. The number of carbonyl (C=O) groups is 1. The third-order valence-corrected chi connectivity index (χ3v) is 3.64. The van der Waals surface area contributed by atoms with Gasteiger partial charge in [0.1, 0.15) is 5.82 Å². The number of benzene rings is 1. The molecule has 7 heteroatoms. The average Bonchev–Trinajstić information content (AvgIpc) is 2.72. The van der Waals surface area contributed by atoms with E-state index in [0.717, 1.165) is 11.9 Å². The SMILES string of the molecule is CCC(C)C(N)C(=O)Nc1nc2cc(F)ccc2n1C.Cl. The van der Waals surface area contributed by atoms with Gasteiger partial charge in [-0.2, -0.15) is 0 Å². The van der Waals surface area contributed by atoms with E-state index in [0.29, 0.717) is 11.5 Å². The first kappa shape index (κ1) is 17.4.